The molecule has 0 aromatic heterocycles. The number of carbonyl (C=O) groups is 2. The summed E-state index contributed by atoms with van der Waals surface area (Å²) in [5.41, 5.74) is 3.61. The molecule has 3 rings (SSSR count). The Morgan fingerprint density at radius 3 is 2.44 bits per heavy atom. The fraction of sp³-hybridized carbons (Fsp3) is 0.364. The number of ether oxygens (including phenoxy) is 1. The zero-order valence-electron chi connectivity index (χ0n) is 15.9. The summed E-state index contributed by atoms with van der Waals surface area (Å²) in [6, 6.07) is 13.0. The lowest BCUT2D eigenvalue weighted by Gasteiger charge is -2.14. The topological polar surface area (TPSA) is 67.4 Å². The van der Waals surface area contributed by atoms with Crippen molar-refractivity contribution in [2.45, 2.75) is 39.5 Å². The van der Waals surface area contributed by atoms with Crippen molar-refractivity contribution in [3.05, 3.63) is 53.6 Å². The van der Waals surface area contributed by atoms with Gasteiger partial charge in [0.15, 0.2) is 0 Å². The van der Waals surface area contributed by atoms with Crippen LogP contribution in [0.5, 0.6) is 5.75 Å². The van der Waals surface area contributed by atoms with Crippen molar-refractivity contribution in [2.24, 2.45) is 5.92 Å². The molecule has 2 N–H and O–H groups in total. The maximum Gasteiger partial charge on any atom is 0.314 e. The molecule has 0 unspecified atom stereocenters. The Balaban J connectivity index is 1.64. The molecular weight excluding hydrogens is 340 g/mol. The van der Waals surface area contributed by atoms with Crippen molar-refractivity contribution in [2.75, 3.05) is 17.2 Å². The summed E-state index contributed by atoms with van der Waals surface area (Å²) < 4.78 is 5.76. The Kier molecular flexibility index (Phi) is 6.12. The second-order valence-electron chi connectivity index (χ2n) is 7.23. The summed E-state index contributed by atoms with van der Waals surface area (Å²) in [4.78, 5) is 24.7. The molecule has 27 heavy (non-hydrogen) atoms. The molecule has 0 fully saturated rings. The lowest BCUT2D eigenvalue weighted by molar-refractivity contribution is -0.133. The normalized spacial score (nSPS) is 12.6. The number of para-hydroxylation sites is 2. The number of amides is 2. The highest BCUT2D eigenvalue weighted by Gasteiger charge is 2.20. The van der Waals surface area contributed by atoms with Crippen LogP contribution in [-0.2, 0) is 22.4 Å². The minimum Gasteiger partial charge on any atom is -0.491 e. The molecule has 0 spiro atoms. The number of nitrogens with one attached hydrogen (secondary N) is 2. The number of rotatable bonds is 6. The summed E-state index contributed by atoms with van der Waals surface area (Å²) in [6.07, 6.45) is 3.95. The number of benzene rings is 2. The smallest absolute Gasteiger partial charge is 0.314 e. The van der Waals surface area contributed by atoms with Crippen LogP contribution in [0.25, 0.3) is 0 Å². The van der Waals surface area contributed by atoms with Gasteiger partial charge in [0.25, 0.3) is 0 Å². The lowest BCUT2D eigenvalue weighted by Crippen LogP contribution is -2.29. The van der Waals surface area contributed by atoms with Crippen LogP contribution >= 0.6 is 0 Å². The van der Waals surface area contributed by atoms with Crippen LogP contribution in [-0.4, -0.2) is 18.4 Å². The molecule has 2 amide bonds. The second kappa shape index (κ2) is 8.71. The van der Waals surface area contributed by atoms with Gasteiger partial charge in [0, 0.05) is 5.69 Å². The molecule has 2 aromatic rings. The van der Waals surface area contributed by atoms with E-state index in [1.807, 2.05) is 18.2 Å². The first kappa shape index (κ1) is 19.0. The van der Waals surface area contributed by atoms with Gasteiger partial charge in [-0.05, 0) is 60.9 Å². The van der Waals surface area contributed by atoms with E-state index in [1.54, 1.807) is 18.2 Å². The predicted molar refractivity (Wildman–Crippen MR) is 107 cm³/mol. The van der Waals surface area contributed by atoms with Gasteiger partial charge in [-0.3, -0.25) is 9.59 Å². The maximum absolute atomic E-state index is 12.4. The highest BCUT2D eigenvalue weighted by Crippen LogP contribution is 2.29. The van der Waals surface area contributed by atoms with E-state index in [0.717, 1.165) is 36.9 Å². The quantitative estimate of drug-likeness (QED) is 0.754. The third kappa shape index (κ3) is 4.88. The Labute approximate surface area is 160 Å². The molecular formula is C22H26N2O3. The summed E-state index contributed by atoms with van der Waals surface area (Å²) in [5, 5.41) is 5.41. The van der Waals surface area contributed by atoms with E-state index in [0.29, 0.717) is 24.0 Å². The summed E-state index contributed by atoms with van der Waals surface area (Å²) in [6.45, 7) is 4.82. The van der Waals surface area contributed by atoms with Gasteiger partial charge < -0.3 is 15.4 Å². The zero-order chi connectivity index (χ0) is 19.2. The van der Waals surface area contributed by atoms with E-state index in [9.17, 15) is 9.59 Å². The van der Waals surface area contributed by atoms with E-state index in [4.69, 9.17) is 4.74 Å². The molecule has 0 bridgehead atoms. The number of anilines is 2. The van der Waals surface area contributed by atoms with Gasteiger partial charge in [0.2, 0.25) is 0 Å². The molecule has 0 saturated carbocycles. The third-order valence-corrected chi connectivity index (χ3v) is 4.69. The third-order valence-electron chi connectivity index (χ3n) is 4.69. The number of hydrogen-bond donors (Lipinski definition) is 2. The maximum atomic E-state index is 12.4. The van der Waals surface area contributed by atoms with Crippen molar-refractivity contribution in [1.29, 1.82) is 0 Å². The molecule has 1 aliphatic rings. The van der Waals surface area contributed by atoms with Crippen molar-refractivity contribution in [3.8, 4) is 5.75 Å². The predicted octanol–water partition coefficient (Wildman–Crippen LogP) is 4.18. The Hall–Kier alpha value is -2.82. The molecule has 0 radical (unpaired) electrons. The second-order valence-corrected chi connectivity index (χ2v) is 7.23. The number of carbonyl (C=O) groups excluding carboxylic acids is 2. The van der Waals surface area contributed by atoms with E-state index < -0.39 is 11.8 Å². The van der Waals surface area contributed by atoms with E-state index in [-0.39, 0.29) is 0 Å². The standard InChI is InChI=1S/C22H26N2O3/c1-15(2)13-14-27-20-12-4-3-10-19(20)24-22(26)21(25)23-18-11-6-8-16-7-5-9-17(16)18/h3-4,6,8,10-12,15H,5,7,9,13-14H2,1-2H3,(H,23,25)(H,24,26). The summed E-state index contributed by atoms with van der Waals surface area (Å²) >= 11 is 0. The first-order valence-corrected chi connectivity index (χ1v) is 9.49. The van der Waals surface area contributed by atoms with Gasteiger partial charge in [0.1, 0.15) is 5.75 Å². The molecule has 5 nitrogen and oxygen atoms in total. The van der Waals surface area contributed by atoms with Crippen LogP contribution in [0, 0.1) is 5.92 Å². The Bertz CT molecular complexity index is 830. The fourth-order valence-electron chi connectivity index (χ4n) is 3.20. The molecule has 0 saturated heterocycles. The highest BCUT2D eigenvalue weighted by molar-refractivity contribution is 6.43. The lowest BCUT2D eigenvalue weighted by atomic mass is 10.1. The number of hydrogen-bond acceptors (Lipinski definition) is 3. The molecule has 0 aliphatic heterocycles. The first-order valence-electron chi connectivity index (χ1n) is 9.49. The Morgan fingerprint density at radius 2 is 1.67 bits per heavy atom. The van der Waals surface area contributed by atoms with Gasteiger partial charge in [-0.2, -0.15) is 0 Å². The van der Waals surface area contributed by atoms with Crippen LogP contribution in [0.2, 0.25) is 0 Å². The van der Waals surface area contributed by atoms with Crippen LogP contribution in [0.3, 0.4) is 0 Å². The van der Waals surface area contributed by atoms with Crippen molar-refractivity contribution >= 4 is 23.2 Å². The Morgan fingerprint density at radius 1 is 0.963 bits per heavy atom. The summed E-state index contributed by atoms with van der Waals surface area (Å²) in [7, 11) is 0. The van der Waals surface area contributed by atoms with Gasteiger partial charge >= 0.3 is 11.8 Å². The van der Waals surface area contributed by atoms with E-state index in [1.165, 1.54) is 5.56 Å². The number of aryl methyl sites for hydroxylation is 1. The first-order chi connectivity index (χ1) is 13.0. The van der Waals surface area contributed by atoms with Gasteiger partial charge in [-0.1, -0.05) is 38.1 Å². The van der Waals surface area contributed by atoms with Crippen LogP contribution in [0.15, 0.2) is 42.5 Å². The van der Waals surface area contributed by atoms with Crippen molar-refractivity contribution < 1.29 is 14.3 Å². The van der Waals surface area contributed by atoms with Crippen LogP contribution in [0.4, 0.5) is 11.4 Å². The SMILES string of the molecule is CC(C)CCOc1ccccc1NC(=O)C(=O)Nc1cccc2c1CCC2. The fourth-order valence-corrected chi connectivity index (χ4v) is 3.20. The van der Waals surface area contributed by atoms with Gasteiger partial charge in [-0.15, -0.1) is 0 Å². The van der Waals surface area contributed by atoms with Gasteiger partial charge in [-0.25, -0.2) is 0 Å². The zero-order valence-corrected chi connectivity index (χ0v) is 15.9. The van der Waals surface area contributed by atoms with Crippen LogP contribution in [0.1, 0.15) is 37.8 Å². The largest absolute Gasteiger partial charge is 0.491 e. The molecule has 142 valence electrons. The van der Waals surface area contributed by atoms with E-state index >= 15 is 0 Å². The minimum absolute atomic E-state index is 0.500. The van der Waals surface area contributed by atoms with Crippen molar-refractivity contribution in [1.82, 2.24) is 0 Å². The molecule has 5 heteroatoms. The molecule has 0 atom stereocenters. The molecule has 2 aromatic carbocycles. The molecule has 0 heterocycles. The van der Waals surface area contributed by atoms with Crippen LogP contribution < -0.4 is 15.4 Å². The average Bonchev–Trinajstić information content (AvgIpc) is 3.12. The highest BCUT2D eigenvalue weighted by atomic mass is 16.5. The van der Waals surface area contributed by atoms with E-state index in [2.05, 4.69) is 30.5 Å². The van der Waals surface area contributed by atoms with Crippen molar-refractivity contribution in [3.63, 3.8) is 0 Å². The monoisotopic (exact) mass is 366 g/mol. The summed E-state index contributed by atoms with van der Waals surface area (Å²) in [5.74, 6) is -0.275. The minimum atomic E-state index is -0.703. The molecule has 1 aliphatic carbocycles. The van der Waals surface area contributed by atoms with Gasteiger partial charge in [0.05, 0.1) is 12.3 Å². The number of fused-ring (bicyclic) bond motifs is 1. The average molecular weight is 366 g/mol.